The maximum absolute atomic E-state index is 14.0. The molecule has 1 aromatic carbocycles. The van der Waals surface area contributed by atoms with Crippen LogP contribution < -0.4 is 5.32 Å². The molecule has 0 unspecified atom stereocenters. The molecule has 106 valence electrons. The summed E-state index contributed by atoms with van der Waals surface area (Å²) in [6, 6.07) is 6.32. The van der Waals surface area contributed by atoms with Crippen molar-refractivity contribution in [3.8, 4) is 0 Å². The van der Waals surface area contributed by atoms with Gasteiger partial charge in [-0.1, -0.05) is 17.7 Å². The van der Waals surface area contributed by atoms with Crippen LogP contribution in [0.4, 0.5) is 10.1 Å². The summed E-state index contributed by atoms with van der Waals surface area (Å²) in [5.74, 6) is -0.781. The molecule has 21 heavy (non-hydrogen) atoms. The number of carbonyl (C=O) groups excluding carboxylic acids is 1. The van der Waals surface area contributed by atoms with Crippen LogP contribution in [-0.2, 0) is 4.79 Å². The van der Waals surface area contributed by atoms with Crippen LogP contribution in [0.2, 0.25) is 5.02 Å². The second kappa shape index (κ2) is 5.26. The number of pyridine rings is 1. The summed E-state index contributed by atoms with van der Waals surface area (Å²) in [7, 11) is 0. The third kappa shape index (κ3) is 2.40. The van der Waals surface area contributed by atoms with Gasteiger partial charge in [-0.15, -0.1) is 0 Å². The highest BCUT2D eigenvalue weighted by atomic mass is 35.5. The predicted molar refractivity (Wildman–Crippen MR) is 79.5 cm³/mol. The minimum absolute atomic E-state index is 0.0859. The Morgan fingerprint density at radius 3 is 2.90 bits per heavy atom. The van der Waals surface area contributed by atoms with Gasteiger partial charge in [-0.3, -0.25) is 14.8 Å². The van der Waals surface area contributed by atoms with E-state index in [9.17, 15) is 9.18 Å². The summed E-state index contributed by atoms with van der Waals surface area (Å²) in [6.45, 7) is 1.73. The number of carbonyl (C=O) groups is 1. The number of nitrogens with one attached hydrogen (secondary N) is 1. The van der Waals surface area contributed by atoms with Crippen LogP contribution in [0.1, 0.15) is 16.8 Å². The summed E-state index contributed by atoms with van der Waals surface area (Å²) in [4.78, 5) is 20.0. The molecule has 0 saturated carbocycles. The zero-order valence-corrected chi connectivity index (χ0v) is 11.9. The Labute approximate surface area is 125 Å². The molecule has 0 spiro atoms. The van der Waals surface area contributed by atoms with E-state index in [0.29, 0.717) is 16.3 Å². The van der Waals surface area contributed by atoms with E-state index in [1.807, 2.05) is 6.92 Å². The first-order chi connectivity index (χ1) is 10.1. The number of amides is 1. The van der Waals surface area contributed by atoms with Crippen LogP contribution in [0, 0.1) is 12.7 Å². The fraction of sp³-hybridized carbons (Fsp3) is 0.133. The van der Waals surface area contributed by atoms with Crippen molar-refractivity contribution in [3.05, 3.63) is 58.1 Å². The Bertz CT molecular complexity index is 774. The van der Waals surface area contributed by atoms with Gasteiger partial charge in [0.2, 0.25) is 5.91 Å². The van der Waals surface area contributed by atoms with Crippen molar-refractivity contribution >= 4 is 28.9 Å². The van der Waals surface area contributed by atoms with Crippen LogP contribution in [0.3, 0.4) is 0 Å². The lowest BCUT2D eigenvalue weighted by atomic mass is 10.0. The topological polar surface area (TPSA) is 54.4 Å². The second-order valence-electron chi connectivity index (χ2n) is 4.67. The van der Waals surface area contributed by atoms with Gasteiger partial charge in [0.25, 0.3) is 0 Å². The number of rotatable bonds is 1. The molecule has 0 saturated heterocycles. The van der Waals surface area contributed by atoms with E-state index in [4.69, 9.17) is 11.6 Å². The summed E-state index contributed by atoms with van der Waals surface area (Å²) in [5, 5.41) is 3.15. The molecule has 0 bridgehead atoms. The molecule has 1 aliphatic heterocycles. The SMILES string of the molecule is Cc1ccc2c(c1Cl)C(c1ncccc1F)=NCC(=O)N2. The Morgan fingerprint density at radius 1 is 1.33 bits per heavy atom. The average Bonchev–Trinajstić information content (AvgIpc) is 2.63. The number of hydrogen-bond acceptors (Lipinski definition) is 3. The smallest absolute Gasteiger partial charge is 0.246 e. The number of aromatic nitrogens is 1. The highest BCUT2D eigenvalue weighted by Crippen LogP contribution is 2.32. The van der Waals surface area contributed by atoms with Crippen molar-refractivity contribution in [2.45, 2.75) is 6.92 Å². The van der Waals surface area contributed by atoms with Crippen molar-refractivity contribution in [2.24, 2.45) is 4.99 Å². The van der Waals surface area contributed by atoms with Gasteiger partial charge >= 0.3 is 0 Å². The molecule has 3 rings (SSSR count). The maximum atomic E-state index is 14.0. The van der Waals surface area contributed by atoms with E-state index in [-0.39, 0.29) is 23.9 Å². The van der Waals surface area contributed by atoms with Crippen molar-refractivity contribution in [2.75, 3.05) is 11.9 Å². The number of hydrogen-bond donors (Lipinski definition) is 1. The summed E-state index contributed by atoms with van der Waals surface area (Å²) in [6.07, 6.45) is 1.48. The Hall–Kier alpha value is -2.27. The number of benzene rings is 1. The molecule has 1 aromatic heterocycles. The molecule has 4 nitrogen and oxygen atoms in total. The van der Waals surface area contributed by atoms with Gasteiger partial charge in [-0.2, -0.15) is 0 Å². The van der Waals surface area contributed by atoms with Gasteiger partial charge in [0.15, 0.2) is 5.82 Å². The van der Waals surface area contributed by atoms with Crippen LogP contribution >= 0.6 is 11.6 Å². The molecule has 1 N–H and O–H groups in total. The molecule has 6 heteroatoms. The molecule has 0 radical (unpaired) electrons. The van der Waals surface area contributed by atoms with Gasteiger partial charge in [-0.05, 0) is 30.7 Å². The Kier molecular flexibility index (Phi) is 3.43. The van der Waals surface area contributed by atoms with Crippen LogP contribution in [-0.4, -0.2) is 23.1 Å². The van der Waals surface area contributed by atoms with Gasteiger partial charge < -0.3 is 5.32 Å². The Morgan fingerprint density at radius 2 is 2.14 bits per heavy atom. The lowest BCUT2D eigenvalue weighted by Gasteiger charge is -2.13. The third-order valence-corrected chi connectivity index (χ3v) is 3.70. The highest BCUT2D eigenvalue weighted by Gasteiger charge is 2.24. The largest absolute Gasteiger partial charge is 0.324 e. The minimum atomic E-state index is -0.505. The first kappa shape index (κ1) is 13.7. The molecule has 2 aromatic rings. The average molecular weight is 304 g/mol. The molecule has 0 aliphatic carbocycles. The monoisotopic (exact) mass is 303 g/mol. The lowest BCUT2D eigenvalue weighted by molar-refractivity contribution is -0.114. The first-order valence-corrected chi connectivity index (χ1v) is 6.70. The van der Waals surface area contributed by atoms with Gasteiger partial charge in [0.05, 0.1) is 16.4 Å². The van der Waals surface area contributed by atoms with E-state index < -0.39 is 5.82 Å². The second-order valence-corrected chi connectivity index (χ2v) is 5.04. The van der Waals surface area contributed by atoms with Crippen molar-refractivity contribution in [3.63, 3.8) is 0 Å². The maximum Gasteiger partial charge on any atom is 0.246 e. The summed E-state index contributed by atoms with van der Waals surface area (Å²) < 4.78 is 14.0. The molecule has 2 heterocycles. The molecule has 0 atom stereocenters. The fourth-order valence-electron chi connectivity index (χ4n) is 2.19. The molecular weight excluding hydrogens is 293 g/mol. The Balaban J connectivity index is 2.30. The number of nitrogens with zero attached hydrogens (tertiary/aromatic N) is 2. The number of fused-ring (bicyclic) bond motifs is 1. The third-order valence-electron chi connectivity index (χ3n) is 3.21. The van der Waals surface area contributed by atoms with Crippen LogP contribution in [0.25, 0.3) is 0 Å². The summed E-state index contributed by atoms with van der Waals surface area (Å²) in [5.41, 5.74) is 2.20. The van der Waals surface area contributed by atoms with Gasteiger partial charge in [0, 0.05) is 11.8 Å². The summed E-state index contributed by atoms with van der Waals surface area (Å²) >= 11 is 6.35. The number of benzodiazepines with no additional fused rings is 1. The lowest BCUT2D eigenvalue weighted by Crippen LogP contribution is -2.13. The zero-order valence-electron chi connectivity index (χ0n) is 11.2. The van der Waals surface area contributed by atoms with E-state index in [1.54, 1.807) is 12.1 Å². The van der Waals surface area contributed by atoms with E-state index in [0.717, 1.165) is 5.56 Å². The van der Waals surface area contributed by atoms with E-state index in [2.05, 4.69) is 15.3 Å². The quantitative estimate of drug-likeness (QED) is 0.880. The first-order valence-electron chi connectivity index (χ1n) is 6.32. The minimum Gasteiger partial charge on any atom is -0.324 e. The van der Waals surface area contributed by atoms with Crippen molar-refractivity contribution in [1.82, 2.24) is 4.98 Å². The molecule has 1 aliphatic rings. The molecule has 1 amide bonds. The highest BCUT2D eigenvalue weighted by molar-refractivity contribution is 6.37. The zero-order chi connectivity index (χ0) is 15.0. The van der Waals surface area contributed by atoms with Crippen LogP contribution in [0.5, 0.6) is 0 Å². The number of aliphatic imine (C=N–C) groups is 1. The number of aryl methyl sites for hydroxylation is 1. The fourth-order valence-corrected chi connectivity index (χ4v) is 2.44. The predicted octanol–water partition coefficient (Wildman–Crippen LogP) is 2.97. The molecular formula is C15H11ClFN3O. The van der Waals surface area contributed by atoms with E-state index >= 15 is 0 Å². The number of halogens is 2. The molecule has 0 fully saturated rings. The van der Waals surface area contributed by atoms with E-state index in [1.165, 1.54) is 18.3 Å². The van der Waals surface area contributed by atoms with Crippen molar-refractivity contribution < 1.29 is 9.18 Å². The standard InChI is InChI=1S/C15H11ClFN3O/c1-8-4-5-10-12(13(8)16)15(19-7-11(21)20-10)14-9(17)3-2-6-18-14/h2-6H,7H2,1H3,(H,20,21). The van der Waals surface area contributed by atoms with Crippen LogP contribution in [0.15, 0.2) is 35.5 Å². The van der Waals surface area contributed by atoms with Gasteiger partial charge in [0.1, 0.15) is 12.2 Å². The normalized spacial score (nSPS) is 14.0. The van der Waals surface area contributed by atoms with Gasteiger partial charge in [-0.25, -0.2) is 4.39 Å². The number of anilines is 1. The van der Waals surface area contributed by atoms with Crippen molar-refractivity contribution in [1.29, 1.82) is 0 Å².